The minimum atomic E-state index is -4.47. The highest BCUT2D eigenvalue weighted by Gasteiger charge is 2.33. The molecule has 124 valence electrons. The molecular weight excluding hydrogens is 311 g/mol. The van der Waals surface area contributed by atoms with Crippen molar-refractivity contribution >= 4 is 5.97 Å². The first-order chi connectivity index (χ1) is 10.5. The van der Waals surface area contributed by atoms with Crippen LogP contribution in [0.5, 0.6) is 0 Å². The Kier molecular flexibility index (Phi) is 4.24. The molecule has 0 aliphatic heterocycles. The standard InChI is InChI=1S/C16H16F3NO3/c1-15(2,3)12-11(14(21)22-4)20-13(23-12)9-6-5-7-10(8-9)16(17,18)19/h5-8H,1-4H3. The Labute approximate surface area is 131 Å². The molecule has 0 N–H and O–H groups in total. The topological polar surface area (TPSA) is 52.3 Å². The fourth-order valence-electron chi connectivity index (χ4n) is 2.02. The van der Waals surface area contributed by atoms with E-state index in [0.717, 1.165) is 12.1 Å². The Bertz CT molecular complexity index is 727. The number of hydrogen-bond donors (Lipinski definition) is 0. The molecule has 0 radical (unpaired) electrons. The number of esters is 1. The van der Waals surface area contributed by atoms with E-state index < -0.39 is 23.1 Å². The highest BCUT2D eigenvalue weighted by atomic mass is 19.4. The molecule has 23 heavy (non-hydrogen) atoms. The largest absolute Gasteiger partial charge is 0.464 e. The number of hydrogen-bond acceptors (Lipinski definition) is 4. The van der Waals surface area contributed by atoms with E-state index in [0.29, 0.717) is 0 Å². The lowest BCUT2D eigenvalue weighted by atomic mass is 9.92. The zero-order chi connectivity index (χ0) is 17.4. The molecule has 7 heteroatoms. The molecule has 0 amide bonds. The van der Waals surface area contributed by atoms with E-state index in [4.69, 9.17) is 4.42 Å². The van der Waals surface area contributed by atoms with E-state index in [1.54, 1.807) is 20.8 Å². The van der Waals surface area contributed by atoms with Gasteiger partial charge in [-0.2, -0.15) is 13.2 Å². The van der Waals surface area contributed by atoms with Gasteiger partial charge in [-0.1, -0.05) is 26.8 Å². The van der Waals surface area contributed by atoms with Crippen LogP contribution in [-0.4, -0.2) is 18.1 Å². The van der Waals surface area contributed by atoms with Crippen LogP contribution in [0.15, 0.2) is 28.7 Å². The van der Waals surface area contributed by atoms with Crippen LogP contribution < -0.4 is 0 Å². The Hall–Kier alpha value is -2.31. The third-order valence-electron chi connectivity index (χ3n) is 3.12. The summed E-state index contributed by atoms with van der Waals surface area (Å²) in [5.41, 5.74) is -1.27. The van der Waals surface area contributed by atoms with Crippen molar-refractivity contribution in [2.24, 2.45) is 0 Å². The molecule has 0 atom stereocenters. The van der Waals surface area contributed by atoms with Crippen LogP contribution >= 0.6 is 0 Å². The molecule has 4 nitrogen and oxygen atoms in total. The first kappa shape index (κ1) is 17.1. The zero-order valence-electron chi connectivity index (χ0n) is 13.1. The number of carbonyl (C=O) groups excluding carboxylic acids is 1. The fourth-order valence-corrected chi connectivity index (χ4v) is 2.02. The number of benzene rings is 1. The van der Waals surface area contributed by atoms with Crippen molar-refractivity contribution in [3.63, 3.8) is 0 Å². The molecule has 0 unspecified atom stereocenters. The molecular formula is C16H16F3NO3. The summed E-state index contributed by atoms with van der Waals surface area (Å²) in [6.07, 6.45) is -4.47. The maximum atomic E-state index is 12.8. The second-order valence-corrected chi connectivity index (χ2v) is 6.02. The summed E-state index contributed by atoms with van der Waals surface area (Å²) >= 11 is 0. The Morgan fingerprint density at radius 3 is 2.39 bits per heavy atom. The van der Waals surface area contributed by atoms with Crippen molar-refractivity contribution in [3.05, 3.63) is 41.3 Å². The van der Waals surface area contributed by atoms with Gasteiger partial charge in [-0.05, 0) is 18.2 Å². The number of alkyl halides is 3. The van der Waals surface area contributed by atoms with Gasteiger partial charge in [-0.25, -0.2) is 9.78 Å². The van der Waals surface area contributed by atoms with Crippen molar-refractivity contribution in [2.75, 3.05) is 7.11 Å². The Morgan fingerprint density at radius 2 is 1.87 bits per heavy atom. The van der Waals surface area contributed by atoms with Gasteiger partial charge in [-0.3, -0.25) is 0 Å². The van der Waals surface area contributed by atoms with Gasteiger partial charge < -0.3 is 9.15 Å². The summed E-state index contributed by atoms with van der Waals surface area (Å²) in [6, 6.07) is 4.59. The van der Waals surface area contributed by atoms with Gasteiger partial charge in [0.15, 0.2) is 5.69 Å². The number of ether oxygens (including phenoxy) is 1. The molecule has 0 aliphatic rings. The third kappa shape index (κ3) is 3.55. The minimum Gasteiger partial charge on any atom is -0.464 e. The normalized spacial score (nSPS) is 12.3. The molecule has 0 fully saturated rings. The summed E-state index contributed by atoms with van der Waals surface area (Å²) in [4.78, 5) is 15.9. The predicted molar refractivity (Wildman–Crippen MR) is 77.0 cm³/mol. The number of oxazole rings is 1. The monoisotopic (exact) mass is 327 g/mol. The molecule has 2 aromatic rings. The Balaban J connectivity index is 2.57. The smallest absolute Gasteiger partial charge is 0.416 e. The number of nitrogens with zero attached hydrogens (tertiary/aromatic N) is 1. The maximum absolute atomic E-state index is 12.8. The van der Waals surface area contributed by atoms with E-state index in [1.807, 2.05) is 0 Å². The van der Waals surface area contributed by atoms with E-state index in [-0.39, 0.29) is 22.9 Å². The lowest BCUT2D eigenvalue weighted by molar-refractivity contribution is -0.137. The van der Waals surface area contributed by atoms with Crippen molar-refractivity contribution in [3.8, 4) is 11.5 Å². The van der Waals surface area contributed by atoms with Gasteiger partial charge in [0.05, 0.1) is 12.7 Å². The third-order valence-corrected chi connectivity index (χ3v) is 3.12. The summed E-state index contributed by atoms with van der Waals surface area (Å²) in [7, 11) is 1.20. The number of aromatic nitrogens is 1. The van der Waals surface area contributed by atoms with Crippen LogP contribution in [0.2, 0.25) is 0 Å². The molecule has 1 aromatic carbocycles. The van der Waals surface area contributed by atoms with E-state index in [9.17, 15) is 18.0 Å². The van der Waals surface area contributed by atoms with Gasteiger partial charge in [0.1, 0.15) is 5.76 Å². The number of halogens is 3. The van der Waals surface area contributed by atoms with Crippen molar-refractivity contribution < 1.29 is 27.1 Å². The molecule has 0 saturated carbocycles. The number of rotatable bonds is 2. The van der Waals surface area contributed by atoms with Gasteiger partial charge in [-0.15, -0.1) is 0 Å². The average Bonchev–Trinajstić information content (AvgIpc) is 2.91. The van der Waals surface area contributed by atoms with Crippen LogP contribution in [0.1, 0.15) is 42.6 Å². The van der Waals surface area contributed by atoms with Gasteiger partial charge >= 0.3 is 12.1 Å². The van der Waals surface area contributed by atoms with E-state index in [2.05, 4.69) is 9.72 Å². The average molecular weight is 327 g/mol. The molecule has 0 bridgehead atoms. The van der Waals surface area contributed by atoms with Crippen LogP contribution in [0.25, 0.3) is 11.5 Å². The molecule has 1 heterocycles. The minimum absolute atomic E-state index is 0.0348. The summed E-state index contributed by atoms with van der Waals surface area (Å²) in [5, 5.41) is 0. The quantitative estimate of drug-likeness (QED) is 0.765. The van der Waals surface area contributed by atoms with Gasteiger partial charge in [0.2, 0.25) is 5.89 Å². The van der Waals surface area contributed by atoms with Gasteiger partial charge in [0.25, 0.3) is 0 Å². The molecule has 2 rings (SSSR count). The second-order valence-electron chi connectivity index (χ2n) is 6.02. The first-order valence-electron chi connectivity index (χ1n) is 6.81. The van der Waals surface area contributed by atoms with E-state index in [1.165, 1.54) is 19.2 Å². The zero-order valence-corrected chi connectivity index (χ0v) is 13.1. The van der Waals surface area contributed by atoms with Crippen LogP contribution in [0.4, 0.5) is 13.2 Å². The van der Waals surface area contributed by atoms with Crippen LogP contribution in [0.3, 0.4) is 0 Å². The predicted octanol–water partition coefficient (Wildman–Crippen LogP) is 4.44. The molecule has 0 saturated heterocycles. The molecule has 0 spiro atoms. The maximum Gasteiger partial charge on any atom is 0.416 e. The van der Waals surface area contributed by atoms with Gasteiger partial charge in [0, 0.05) is 11.0 Å². The summed E-state index contributed by atoms with van der Waals surface area (Å²) in [5.74, 6) is -0.491. The molecule has 0 aliphatic carbocycles. The summed E-state index contributed by atoms with van der Waals surface area (Å²) in [6.45, 7) is 5.40. The number of methoxy groups -OCH3 is 1. The fraction of sp³-hybridized carbons (Fsp3) is 0.375. The highest BCUT2D eigenvalue weighted by Crippen LogP contribution is 2.34. The summed E-state index contributed by atoms with van der Waals surface area (Å²) < 4.78 is 48.7. The Morgan fingerprint density at radius 1 is 1.22 bits per heavy atom. The van der Waals surface area contributed by atoms with Crippen LogP contribution in [-0.2, 0) is 16.3 Å². The highest BCUT2D eigenvalue weighted by molar-refractivity contribution is 5.89. The lowest BCUT2D eigenvalue weighted by Crippen LogP contribution is -2.16. The van der Waals surface area contributed by atoms with Crippen molar-refractivity contribution in [2.45, 2.75) is 32.4 Å². The second kappa shape index (κ2) is 5.72. The molecule has 1 aromatic heterocycles. The van der Waals surface area contributed by atoms with Crippen molar-refractivity contribution in [1.82, 2.24) is 4.98 Å². The SMILES string of the molecule is COC(=O)c1nc(-c2cccc(C(F)(F)F)c2)oc1C(C)(C)C. The first-order valence-corrected chi connectivity index (χ1v) is 6.81. The lowest BCUT2D eigenvalue weighted by Gasteiger charge is -2.15. The van der Waals surface area contributed by atoms with Crippen molar-refractivity contribution in [1.29, 1.82) is 0 Å². The number of carbonyl (C=O) groups is 1. The van der Waals surface area contributed by atoms with Crippen LogP contribution in [0, 0.1) is 0 Å². The van der Waals surface area contributed by atoms with E-state index >= 15 is 0 Å².